The Morgan fingerprint density at radius 1 is 1.33 bits per heavy atom. The number of rotatable bonds is 4. The van der Waals surface area contributed by atoms with Gasteiger partial charge in [0.2, 0.25) is 0 Å². The number of nitrogens with two attached hydrogens (primary N) is 1. The van der Waals surface area contributed by atoms with Crippen molar-refractivity contribution in [3.63, 3.8) is 0 Å². The van der Waals surface area contributed by atoms with E-state index in [2.05, 4.69) is 12.2 Å². The van der Waals surface area contributed by atoms with Crippen molar-refractivity contribution in [3.8, 4) is 0 Å². The molecule has 4 heteroatoms. The third kappa shape index (κ3) is 4.46. The average Bonchev–Trinajstić information content (AvgIpc) is 2.46. The summed E-state index contributed by atoms with van der Waals surface area (Å²) in [6.45, 7) is 4.95. The standard InChI is InChI=1S/C17H27N3O/c1-3-11-20(16-9-7-14(18)8-10-16)17(21)19-15-6-4-5-13(2)12-15/h4-6,12,14,16H,3,7-11,18H2,1-2H3,(H,19,21). The molecular formula is C17H27N3O. The van der Waals surface area contributed by atoms with Crippen LogP contribution in [0.5, 0.6) is 0 Å². The number of hydrogen-bond acceptors (Lipinski definition) is 2. The molecule has 1 aromatic rings. The van der Waals surface area contributed by atoms with Crippen LogP contribution >= 0.6 is 0 Å². The van der Waals surface area contributed by atoms with E-state index < -0.39 is 0 Å². The Bertz CT molecular complexity index is 467. The SMILES string of the molecule is CCCN(C(=O)Nc1cccc(C)c1)C1CCC(N)CC1. The summed E-state index contributed by atoms with van der Waals surface area (Å²) >= 11 is 0. The van der Waals surface area contributed by atoms with E-state index in [1.165, 1.54) is 0 Å². The van der Waals surface area contributed by atoms with Crippen molar-refractivity contribution in [3.05, 3.63) is 29.8 Å². The van der Waals surface area contributed by atoms with E-state index in [-0.39, 0.29) is 6.03 Å². The highest BCUT2D eigenvalue weighted by Crippen LogP contribution is 2.23. The molecule has 0 aromatic heterocycles. The number of amides is 2. The van der Waals surface area contributed by atoms with E-state index in [0.29, 0.717) is 12.1 Å². The molecule has 0 spiro atoms. The summed E-state index contributed by atoms with van der Waals surface area (Å²) in [7, 11) is 0. The quantitative estimate of drug-likeness (QED) is 0.891. The number of benzene rings is 1. The van der Waals surface area contributed by atoms with Gasteiger partial charge in [-0.15, -0.1) is 0 Å². The smallest absolute Gasteiger partial charge is 0.322 e. The topological polar surface area (TPSA) is 58.4 Å². The van der Waals surface area contributed by atoms with Crippen LogP contribution in [0, 0.1) is 6.92 Å². The Morgan fingerprint density at radius 2 is 2.05 bits per heavy atom. The number of hydrogen-bond donors (Lipinski definition) is 2. The molecule has 0 atom stereocenters. The van der Waals surface area contributed by atoms with Gasteiger partial charge in [-0.25, -0.2) is 4.79 Å². The van der Waals surface area contributed by atoms with Gasteiger partial charge in [0.15, 0.2) is 0 Å². The summed E-state index contributed by atoms with van der Waals surface area (Å²) in [6, 6.07) is 8.59. The molecule has 1 aliphatic carbocycles. The minimum atomic E-state index is 0.0166. The average molecular weight is 289 g/mol. The first-order chi connectivity index (χ1) is 10.1. The van der Waals surface area contributed by atoms with Gasteiger partial charge in [-0.3, -0.25) is 0 Å². The molecule has 2 rings (SSSR count). The minimum absolute atomic E-state index is 0.0166. The first-order valence-corrected chi connectivity index (χ1v) is 8.00. The molecular weight excluding hydrogens is 262 g/mol. The Kier molecular flexibility index (Phi) is 5.62. The van der Waals surface area contributed by atoms with Crippen molar-refractivity contribution in [2.75, 3.05) is 11.9 Å². The van der Waals surface area contributed by atoms with Crippen molar-refractivity contribution in [1.29, 1.82) is 0 Å². The second kappa shape index (κ2) is 7.46. The minimum Gasteiger partial charge on any atom is -0.328 e. The van der Waals surface area contributed by atoms with Gasteiger partial charge in [-0.2, -0.15) is 0 Å². The number of urea groups is 1. The Morgan fingerprint density at radius 3 is 2.67 bits per heavy atom. The molecule has 0 aliphatic heterocycles. The lowest BCUT2D eigenvalue weighted by Crippen LogP contribution is -2.46. The normalized spacial score (nSPS) is 21.9. The molecule has 2 amide bonds. The van der Waals surface area contributed by atoms with Crippen molar-refractivity contribution >= 4 is 11.7 Å². The molecule has 1 saturated carbocycles. The molecule has 0 radical (unpaired) electrons. The molecule has 0 saturated heterocycles. The summed E-state index contributed by atoms with van der Waals surface area (Å²) < 4.78 is 0. The first-order valence-electron chi connectivity index (χ1n) is 8.00. The number of nitrogens with one attached hydrogen (secondary N) is 1. The van der Waals surface area contributed by atoms with Crippen LogP contribution in [0.2, 0.25) is 0 Å². The van der Waals surface area contributed by atoms with Crippen molar-refractivity contribution in [1.82, 2.24) is 4.90 Å². The molecule has 4 nitrogen and oxygen atoms in total. The third-order valence-electron chi connectivity index (χ3n) is 4.18. The number of anilines is 1. The predicted octanol–water partition coefficient (Wildman–Crippen LogP) is 3.51. The van der Waals surface area contributed by atoms with Gasteiger partial charge in [0, 0.05) is 24.3 Å². The highest BCUT2D eigenvalue weighted by molar-refractivity contribution is 5.89. The molecule has 3 N–H and O–H groups in total. The lowest BCUT2D eigenvalue weighted by molar-refractivity contribution is 0.163. The lowest BCUT2D eigenvalue weighted by Gasteiger charge is -2.36. The van der Waals surface area contributed by atoms with E-state index in [1.807, 2.05) is 36.1 Å². The largest absolute Gasteiger partial charge is 0.328 e. The Balaban J connectivity index is 2.01. The molecule has 1 fully saturated rings. The summed E-state index contributed by atoms with van der Waals surface area (Å²) in [4.78, 5) is 14.6. The zero-order valence-electron chi connectivity index (χ0n) is 13.1. The van der Waals surface area contributed by atoms with E-state index in [1.54, 1.807) is 0 Å². The van der Waals surface area contributed by atoms with Gasteiger partial charge in [0.25, 0.3) is 0 Å². The van der Waals surface area contributed by atoms with Crippen LogP contribution in [0.4, 0.5) is 10.5 Å². The molecule has 0 bridgehead atoms. The van der Waals surface area contributed by atoms with Crippen LogP contribution in [0.25, 0.3) is 0 Å². The lowest BCUT2D eigenvalue weighted by atomic mass is 9.91. The molecule has 1 aliphatic rings. The van der Waals surface area contributed by atoms with E-state index >= 15 is 0 Å². The Hall–Kier alpha value is -1.55. The number of nitrogens with zero attached hydrogens (tertiary/aromatic N) is 1. The number of aryl methyl sites for hydroxylation is 1. The fourth-order valence-electron chi connectivity index (χ4n) is 3.02. The Labute approximate surface area is 127 Å². The monoisotopic (exact) mass is 289 g/mol. The van der Waals surface area contributed by atoms with Gasteiger partial charge < -0.3 is 16.0 Å². The fraction of sp³-hybridized carbons (Fsp3) is 0.588. The highest BCUT2D eigenvalue weighted by atomic mass is 16.2. The van der Waals surface area contributed by atoms with E-state index in [0.717, 1.165) is 49.9 Å². The molecule has 116 valence electrons. The van der Waals surface area contributed by atoms with Gasteiger partial charge in [0.1, 0.15) is 0 Å². The maximum absolute atomic E-state index is 12.6. The first kappa shape index (κ1) is 15.8. The maximum Gasteiger partial charge on any atom is 0.322 e. The summed E-state index contributed by atoms with van der Waals surface area (Å²) in [5, 5.41) is 3.03. The second-order valence-corrected chi connectivity index (χ2v) is 6.06. The van der Waals surface area contributed by atoms with Gasteiger partial charge in [0.05, 0.1) is 0 Å². The summed E-state index contributed by atoms with van der Waals surface area (Å²) in [6.07, 6.45) is 5.04. The van der Waals surface area contributed by atoms with Crippen molar-refractivity contribution in [2.45, 2.75) is 58.0 Å². The fourth-order valence-corrected chi connectivity index (χ4v) is 3.02. The summed E-state index contributed by atoms with van der Waals surface area (Å²) in [5.41, 5.74) is 7.99. The van der Waals surface area contributed by atoms with Crippen LogP contribution in [-0.2, 0) is 0 Å². The molecule has 1 aromatic carbocycles. The maximum atomic E-state index is 12.6. The molecule has 21 heavy (non-hydrogen) atoms. The molecule has 0 unspecified atom stereocenters. The van der Waals surface area contributed by atoms with E-state index in [9.17, 15) is 4.79 Å². The number of carbonyl (C=O) groups is 1. The molecule has 0 heterocycles. The third-order valence-corrected chi connectivity index (χ3v) is 4.18. The van der Waals surface area contributed by atoms with Crippen LogP contribution < -0.4 is 11.1 Å². The number of carbonyl (C=O) groups excluding carboxylic acids is 1. The van der Waals surface area contributed by atoms with Crippen LogP contribution in [-0.4, -0.2) is 29.6 Å². The van der Waals surface area contributed by atoms with Crippen LogP contribution in [0.15, 0.2) is 24.3 Å². The van der Waals surface area contributed by atoms with Crippen LogP contribution in [0.1, 0.15) is 44.6 Å². The second-order valence-electron chi connectivity index (χ2n) is 6.06. The zero-order chi connectivity index (χ0) is 15.2. The zero-order valence-corrected chi connectivity index (χ0v) is 13.1. The van der Waals surface area contributed by atoms with E-state index in [4.69, 9.17) is 5.73 Å². The predicted molar refractivity (Wildman–Crippen MR) is 87.4 cm³/mol. The van der Waals surface area contributed by atoms with Gasteiger partial charge in [-0.1, -0.05) is 19.1 Å². The summed E-state index contributed by atoms with van der Waals surface area (Å²) in [5.74, 6) is 0. The van der Waals surface area contributed by atoms with Crippen LogP contribution in [0.3, 0.4) is 0 Å². The van der Waals surface area contributed by atoms with Crippen molar-refractivity contribution in [2.24, 2.45) is 5.73 Å². The highest BCUT2D eigenvalue weighted by Gasteiger charge is 2.27. The van der Waals surface area contributed by atoms with Gasteiger partial charge in [-0.05, 0) is 56.7 Å². The van der Waals surface area contributed by atoms with Gasteiger partial charge >= 0.3 is 6.03 Å². The van der Waals surface area contributed by atoms with Crippen molar-refractivity contribution < 1.29 is 4.79 Å².